The van der Waals surface area contributed by atoms with Gasteiger partial charge in [-0.3, -0.25) is 0 Å². The molecule has 4 nitrogen and oxygen atoms in total. The summed E-state index contributed by atoms with van der Waals surface area (Å²) in [5.74, 6) is -1.56. The van der Waals surface area contributed by atoms with E-state index >= 15 is 0 Å². The Morgan fingerprint density at radius 3 is 2.43 bits per heavy atom. The van der Waals surface area contributed by atoms with Crippen LogP contribution >= 0.6 is 0 Å². The van der Waals surface area contributed by atoms with Crippen LogP contribution < -0.4 is 0 Å². The molecule has 0 saturated carbocycles. The minimum atomic E-state index is -1.06. The molecule has 3 N–H and O–H groups in total. The number of carboxylic acid groups (broad SMARTS) is 1. The fraction of sp³-hybridized carbons (Fsp3) is 0. The van der Waals surface area contributed by atoms with Gasteiger partial charge in [-0.1, -0.05) is 6.07 Å². The van der Waals surface area contributed by atoms with E-state index in [1.807, 2.05) is 0 Å². The molecule has 5 heteroatoms. The molecule has 0 aliphatic rings. The third-order valence-corrected chi connectivity index (χ3v) is 1.42. The van der Waals surface area contributed by atoms with Gasteiger partial charge >= 0.3 is 54.9 Å². The van der Waals surface area contributed by atoms with E-state index in [4.69, 9.17) is 15.3 Å². The maximum Gasteiger partial charge on any atom is 2.00 e. The van der Waals surface area contributed by atoms with Crippen molar-refractivity contribution in [3.8, 4) is 11.5 Å². The number of carbonyl (C=O) groups is 1. The van der Waals surface area contributed by atoms with Gasteiger partial charge < -0.3 is 18.2 Å². The van der Waals surface area contributed by atoms with Gasteiger partial charge in [-0.2, -0.15) is 0 Å². The van der Waals surface area contributed by atoms with Crippen LogP contribution in [-0.2, 0) is 4.79 Å². The average Bonchev–Trinajstić information content (AvgIpc) is 2.07. The summed E-state index contributed by atoms with van der Waals surface area (Å²) in [6.45, 7) is 0. The molecule has 1 aromatic rings. The van der Waals surface area contributed by atoms with Crippen molar-refractivity contribution in [1.29, 1.82) is 0 Å². The van der Waals surface area contributed by atoms with Gasteiger partial charge in [0.1, 0.15) is 0 Å². The van der Waals surface area contributed by atoms with E-state index in [1.54, 1.807) is 0 Å². The molecule has 1 aromatic carbocycles. The number of carboxylic acids is 1. The second-order valence-corrected chi connectivity index (χ2v) is 2.42. The molecule has 0 spiro atoms. The van der Waals surface area contributed by atoms with Crippen LogP contribution in [0.2, 0.25) is 0 Å². The zero-order valence-electron chi connectivity index (χ0n) is 9.34. The second kappa shape index (κ2) is 6.15. The van der Waals surface area contributed by atoms with Crippen LogP contribution in [0.3, 0.4) is 0 Å². The maximum atomic E-state index is 10.1. The fourth-order valence-corrected chi connectivity index (χ4v) is 0.812. The molecule has 0 aliphatic heterocycles. The minimum Gasteiger partial charge on any atom is -1.00 e. The van der Waals surface area contributed by atoms with Gasteiger partial charge in [0.25, 0.3) is 0 Å². The summed E-state index contributed by atoms with van der Waals surface area (Å²) in [6, 6.07) is 4.06. The Hall–Kier alpha value is -0.399. The predicted molar refractivity (Wildman–Crippen MR) is 54.4 cm³/mol. The SMILES string of the molecule is O=C(O)C=Cc1ccc(O)c(O)c1.[Ba+2].[H-].[H-]. The first-order chi connectivity index (χ1) is 6.09. The number of aromatic hydroxyl groups is 2. The molecule has 0 heterocycles. The van der Waals surface area contributed by atoms with Gasteiger partial charge in [0.15, 0.2) is 11.5 Å². The van der Waals surface area contributed by atoms with Gasteiger partial charge in [0.05, 0.1) is 0 Å². The number of phenols is 2. The normalized spacial score (nSPS) is 9.71. The Morgan fingerprint density at radius 2 is 1.93 bits per heavy atom. The van der Waals surface area contributed by atoms with Crippen molar-refractivity contribution in [1.82, 2.24) is 0 Å². The standard InChI is InChI=1S/C9H8O4.Ba.2H/c10-7-3-1-6(5-8(7)11)2-4-9(12)13;;;/h1-5,10-11H,(H,12,13);;;/q;+2;2*-1. The second-order valence-electron chi connectivity index (χ2n) is 2.42. The third-order valence-electron chi connectivity index (χ3n) is 1.42. The van der Waals surface area contributed by atoms with Gasteiger partial charge in [0, 0.05) is 6.08 Å². The molecular weight excluding hydrogens is 309 g/mol. The maximum absolute atomic E-state index is 10.1. The Kier molecular flexibility index (Phi) is 5.98. The molecule has 0 bridgehead atoms. The molecule has 0 radical (unpaired) electrons. The van der Waals surface area contributed by atoms with E-state index in [0.717, 1.165) is 6.08 Å². The number of phenolic OH excluding ortho intramolecular Hbond substituents is 2. The molecule has 0 unspecified atom stereocenters. The first-order valence-electron chi connectivity index (χ1n) is 3.52. The minimum absolute atomic E-state index is 0. The van der Waals surface area contributed by atoms with Crippen LogP contribution in [0.4, 0.5) is 0 Å². The van der Waals surface area contributed by atoms with Crippen LogP contribution in [0.1, 0.15) is 8.42 Å². The number of aliphatic carboxylic acids is 1. The smallest absolute Gasteiger partial charge is 1.00 e. The number of hydrogen-bond donors (Lipinski definition) is 3. The van der Waals surface area contributed by atoms with E-state index in [1.165, 1.54) is 24.3 Å². The van der Waals surface area contributed by atoms with E-state index in [2.05, 4.69) is 0 Å². The predicted octanol–water partition coefficient (Wildman–Crippen LogP) is 1.04. The summed E-state index contributed by atoms with van der Waals surface area (Å²) in [5.41, 5.74) is 0.512. The van der Waals surface area contributed by atoms with Crippen LogP contribution in [0.15, 0.2) is 24.3 Å². The molecular formula is C9H10BaO4. The zero-order chi connectivity index (χ0) is 9.84. The quantitative estimate of drug-likeness (QED) is 0.432. The van der Waals surface area contributed by atoms with Crippen LogP contribution in [0.25, 0.3) is 6.08 Å². The summed E-state index contributed by atoms with van der Waals surface area (Å²) in [7, 11) is 0. The summed E-state index contributed by atoms with van der Waals surface area (Å²) < 4.78 is 0. The van der Waals surface area contributed by atoms with Crippen LogP contribution in [0, 0.1) is 0 Å². The average molecular weight is 320 g/mol. The number of hydrogen-bond acceptors (Lipinski definition) is 3. The Labute approximate surface area is 124 Å². The van der Waals surface area contributed by atoms with Gasteiger partial charge in [-0.05, 0) is 23.8 Å². The van der Waals surface area contributed by atoms with E-state index in [-0.39, 0.29) is 63.2 Å². The van der Waals surface area contributed by atoms with E-state index in [9.17, 15) is 4.79 Å². The molecule has 0 atom stereocenters. The monoisotopic (exact) mass is 320 g/mol. The third kappa shape index (κ3) is 4.21. The Bertz CT molecular complexity index is 369. The molecule has 0 aromatic heterocycles. The molecule has 14 heavy (non-hydrogen) atoms. The molecule has 1 rings (SSSR count). The largest absolute Gasteiger partial charge is 2.00 e. The first-order valence-corrected chi connectivity index (χ1v) is 3.52. The molecule has 72 valence electrons. The van der Waals surface area contributed by atoms with Gasteiger partial charge in [0.2, 0.25) is 0 Å². The van der Waals surface area contributed by atoms with Crippen molar-refractivity contribution in [3.05, 3.63) is 29.8 Å². The molecule has 0 saturated heterocycles. The number of rotatable bonds is 2. The Balaban J connectivity index is -0.000000563. The fourth-order valence-electron chi connectivity index (χ4n) is 0.812. The topological polar surface area (TPSA) is 77.8 Å². The van der Waals surface area contributed by atoms with Gasteiger partial charge in [-0.15, -0.1) is 0 Å². The van der Waals surface area contributed by atoms with Crippen molar-refractivity contribution >= 4 is 60.9 Å². The zero-order valence-corrected chi connectivity index (χ0v) is 11.8. The number of benzene rings is 1. The van der Waals surface area contributed by atoms with Crippen molar-refractivity contribution in [2.24, 2.45) is 0 Å². The van der Waals surface area contributed by atoms with Crippen molar-refractivity contribution in [2.75, 3.05) is 0 Å². The van der Waals surface area contributed by atoms with Gasteiger partial charge in [-0.25, -0.2) is 4.79 Å². The Morgan fingerprint density at radius 1 is 1.29 bits per heavy atom. The summed E-state index contributed by atoms with van der Waals surface area (Å²) in [6.07, 6.45) is 2.27. The molecule has 0 aliphatic carbocycles. The van der Waals surface area contributed by atoms with E-state index < -0.39 is 5.97 Å². The van der Waals surface area contributed by atoms with E-state index in [0.29, 0.717) is 5.56 Å². The van der Waals surface area contributed by atoms with Crippen molar-refractivity contribution in [2.45, 2.75) is 0 Å². The first kappa shape index (κ1) is 13.6. The van der Waals surface area contributed by atoms with Crippen LogP contribution in [0.5, 0.6) is 11.5 Å². The van der Waals surface area contributed by atoms with Crippen molar-refractivity contribution < 1.29 is 23.0 Å². The summed E-state index contributed by atoms with van der Waals surface area (Å²) >= 11 is 0. The molecule has 0 amide bonds. The van der Waals surface area contributed by atoms with Crippen molar-refractivity contribution in [3.63, 3.8) is 0 Å². The van der Waals surface area contributed by atoms with Crippen LogP contribution in [-0.4, -0.2) is 70.2 Å². The summed E-state index contributed by atoms with van der Waals surface area (Å²) in [5, 5.41) is 26.3. The molecule has 0 fully saturated rings. The summed E-state index contributed by atoms with van der Waals surface area (Å²) in [4.78, 5) is 10.1.